The minimum absolute atomic E-state index is 0.256. The first-order valence-electron chi connectivity index (χ1n) is 5.48. The lowest BCUT2D eigenvalue weighted by Gasteiger charge is -1.93. The SMILES string of the molecule is O=C(O)C(F)(F)F.O=C(O)C1=CNC=c2ccccc2=C1. The summed E-state index contributed by atoms with van der Waals surface area (Å²) in [7, 11) is 0. The van der Waals surface area contributed by atoms with Crippen molar-refractivity contribution in [2.24, 2.45) is 0 Å². The lowest BCUT2D eigenvalue weighted by atomic mass is 10.2. The Kier molecular flexibility index (Phi) is 5.12. The Labute approximate surface area is 116 Å². The Morgan fingerprint density at radius 3 is 2.00 bits per heavy atom. The number of halogens is 3. The van der Waals surface area contributed by atoms with Crippen molar-refractivity contribution in [2.45, 2.75) is 6.18 Å². The number of carboxylic acids is 2. The zero-order valence-electron chi connectivity index (χ0n) is 10.4. The Balaban J connectivity index is 0.000000270. The number of aliphatic carboxylic acids is 2. The van der Waals surface area contributed by atoms with Gasteiger partial charge < -0.3 is 15.5 Å². The fourth-order valence-electron chi connectivity index (χ4n) is 1.33. The summed E-state index contributed by atoms with van der Waals surface area (Å²) in [6.07, 6.45) is -0.182. The third kappa shape index (κ3) is 5.01. The zero-order valence-corrected chi connectivity index (χ0v) is 10.4. The van der Waals surface area contributed by atoms with Crippen LogP contribution in [0.25, 0.3) is 12.3 Å². The average molecular weight is 301 g/mol. The van der Waals surface area contributed by atoms with Crippen molar-refractivity contribution in [1.82, 2.24) is 5.32 Å². The molecule has 8 heteroatoms. The number of hydrogen-bond donors (Lipinski definition) is 3. The summed E-state index contributed by atoms with van der Waals surface area (Å²) < 4.78 is 31.7. The van der Waals surface area contributed by atoms with E-state index in [0.29, 0.717) is 0 Å². The molecule has 0 spiro atoms. The maximum Gasteiger partial charge on any atom is 0.490 e. The summed E-state index contributed by atoms with van der Waals surface area (Å²) in [5.41, 5.74) is 0.256. The van der Waals surface area contributed by atoms with Gasteiger partial charge >= 0.3 is 18.1 Å². The van der Waals surface area contributed by atoms with Crippen LogP contribution in [0.2, 0.25) is 0 Å². The van der Waals surface area contributed by atoms with Crippen LogP contribution in [0.3, 0.4) is 0 Å². The molecule has 1 aromatic rings. The number of carboxylic acid groups (broad SMARTS) is 2. The van der Waals surface area contributed by atoms with E-state index in [1.807, 2.05) is 24.3 Å². The molecule has 1 aliphatic rings. The fourth-order valence-corrected chi connectivity index (χ4v) is 1.33. The zero-order chi connectivity index (χ0) is 16.0. The average Bonchev–Trinajstić information content (AvgIpc) is 2.60. The minimum Gasteiger partial charge on any atom is -0.478 e. The monoisotopic (exact) mass is 301 g/mol. The van der Waals surface area contributed by atoms with Crippen LogP contribution >= 0.6 is 0 Å². The summed E-state index contributed by atoms with van der Waals surface area (Å²) >= 11 is 0. The van der Waals surface area contributed by atoms with E-state index < -0.39 is 18.1 Å². The molecule has 0 fully saturated rings. The van der Waals surface area contributed by atoms with Crippen LogP contribution in [0.5, 0.6) is 0 Å². The van der Waals surface area contributed by atoms with Crippen molar-refractivity contribution in [1.29, 1.82) is 0 Å². The second-order valence-corrected chi connectivity index (χ2v) is 3.79. The predicted molar refractivity (Wildman–Crippen MR) is 67.2 cm³/mol. The molecule has 112 valence electrons. The molecule has 0 atom stereocenters. The molecule has 0 radical (unpaired) electrons. The predicted octanol–water partition coefficient (Wildman–Crippen LogP) is 0.410. The molecule has 0 aliphatic carbocycles. The first-order chi connectivity index (χ1) is 9.71. The van der Waals surface area contributed by atoms with Crippen molar-refractivity contribution in [3.8, 4) is 0 Å². The van der Waals surface area contributed by atoms with E-state index in [1.54, 1.807) is 12.3 Å². The third-order valence-corrected chi connectivity index (χ3v) is 2.27. The molecule has 5 nitrogen and oxygen atoms in total. The normalized spacial score (nSPS) is 12.8. The highest BCUT2D eigenvalue weighted by Crippen LogP contribution is 2.13. The molecular formula is C13H10F3NO4. The number of alkyl halides is 3. The van der Waals surface area contributed by atoms with Gasteiger partial charge in [-0.25, -0.2) is 9.59 Å². The molecule has 0 bridgehead atoms. The highest BCUT2D eigenvalue weighted by Gasteiger charge is 2.38. The van der Waals surface area contributed by atoms with Crippen molar-refractivity contribution in [2.75, 3.05) is 0 Å². The Morgan fingerprint density at radius 2 is 1.52 bits per heavy atom. The molecule has 1 aliphatic heterocycles. The van der Waals surface area contributed by atoms with E-state index in [1.165, 1.54) is 6.20 Å². The quantitative estimate of drug-likeness (QED) is 0.699. The van der Waals surface area contributed by atoms with Crippen LogP contribution in [0.4, 0.5) is 13.2 Å². The minimum atomic E-state index is -5.08. The number of fused-ring (bicyclic) bond motifs is 1. The molecule has 0 unspecified atom stereocenters. The molecule has 3 N–H and O–H groups in total. The van der Waals surface area contributed by atoms with Crippen molar-refractivity contribution in [3.05, 3.63) is 46.5 Å². The number of hydrogen-bond acceptors (Lipinski definition) is 3. The van der Waals surface area contributed by atoms with Crippen LogP contribution in [0.1, 0.15) is 0 Å². The maximum atomic E-state index is 10.8. The molecule has 0 saturated carbocycles. The summed E-state index contributed by atoms with van der Waals surface area (Å²) in [6, 6.07) is 7.61. The molecule has 1 heterocycles. The van der Waals surface area contributed by atoms with E-state index in [0.717, 1.165) is 10.4 Å². The lowest BCUT2D eigenvalue weighted by molar-refractivity contribution is -0.192. The molecule has 0 aromatic heterocycles. The van der Waals surface area contributed by atoms with Gasteiger partial charge in [0.2, 0.25) is 0 Å². The van der Waals surface area contributed by atoms with Gasteiger partial charge in [0.25, 0.3) is 0 Å². The van der Waals surface area contributed by atoms with Gasteiger partial charge in [-0.2, -0.15) is 13.2 Å². The highest BCUT2D eigenvalue weighted by atomic mass is 19.4. The second kappa shape index (κ2) is 6.60. The largest absolute Gasteiger partial charge is 0.490 e. The first-order valence-corrected chi connectivity index (χ1v) is 5.48. The third-order valence-electron chi connectivity index (χ3n) is 2.27. The molecule has 2 rings (SSSR count). The van der Waals surface area contributed by atoms with Crippen molar-refractivity contribution < 1.29 is 33.0 Å². The fraction of sp³-hybridized carbons (Fsp3) is 0.0769. The number of rotatable bonds is 1. The first kappa shape index (κ1) is 16.3. The van der Waals surface area contributed by atoms with Gasteiger partial charge in [0.15, 0.2) is 0 Å². The molecule has 0 amide bonds. The van der Waals surface area contributed by atoms with Gasteiger partial charge in [-0.1, -0.05) is 24.3 Å². The topological polar surface area (TPSA) is 86.6 Å². The van der Waals surface area contributed by atoms with Gasteiger partial charge in [-0.05, 0) is 16.5 Å². The Bertz CT molecular complexity index is 692. The molecular weight excluding hydrogens is 291 g/mol. The van der Waals surface area contributed by atoms with Crippen molar-refractivity contribution in [3.63, 3.8) is 0 Å². The van der Waals surface area contributed by atoms with Gasteiger partial charge in [0.05, 0.1) is 5.57 Å². The van der Waals surface area contributed by atoms with E-state index in [-0.39, 0.29) is 5.57 Å². The molecule has 21 heavy (non-hydrogen) atoms. The van der Waals surface area contributed by atoms with Crippen LogP contribution in [-0.4, -0.2) is 28.3 Å². The van der Waals surface area contributed by atoms with E-state index in [2.05, 4.69) is 5.32 Å². The van der Waals surface area contributed by atoms with Crippen LogP contribution < -0.4 is 15.8 Å². The summed E-state index contributed by atoms with van der Waals surface area (Å²) in [5, 5.41) is 20.7. The van der Waals surface area contributed by atoms with Gasteiger partial charge in [0.1, 0.15) is 0 Å². The maximum absolute atomic E-state index is 10.8. The van der Waals surface area contributed by atoms with E-state index in [4.69, 9.17) is 15.0 Å². The summed E-state index contributed by atoms with van der Waals surface area (Å²) in [5.74, 6) is -3.69. The number of benzene rings is 1. The summed E-state index contributed by atoms with van der Waals surface area (Å²) in [6.45, 7) is 0. The van der Waals surface area contributed by atoms with Gasteiger partial charge in [-0.3, -0.25) is 0 Å². The molecule has 1 aromatic carbocycles. The Morgan fingerprint density at radius 1 is 1.00 bits per heavy atom. The van der Waals surface area contributed by atoms with Crippen LogP contribution in [0.15, 0.2) is 36.0 Å². The van der Waals surface area contributed by atoms with E-state index in [9.17, 15) is 18.0 Å². The van der Waals surface area contributed by atoms with E-state index >= 15 is 0 Å². The standard InChI is InChI=1S/C11H9NO2.C2HF3O2/c13-11(14)10-5-8-3-1-2-4-9(8)6-12-7-10;3-2(4,5)1(6)7/h1-7,12H,(H,13,14);(H,6,7). The Hall–Kier alpha value is -2.77. The second-order valence-electron chi connectivity index (χ2n) is 3.79. The number of carbonyl (C=O) groups is 2. The van der Waals surface area contributed by atoms with Crippen LogP contribution in [-0.2, 0) is 9.59 Å². The highest BCUT2D eigenvalue weighted by molar-refractivity contribution is 5.96. The lowest BCUT2D eigenvalue weighted by Crippen LogP contribution is -2.24. The molecule has 0 saturated heterocycles. The van der Waals surface area contributed by atoms with Crippen LogP contribution in [0, 0.1) is 0 Å². The summed E-state index contributed by atoms with van der Waals surface area (Å²) in [4.78, 5) is 19.7. The van der Waals surface area contributed by atoms with Gasteiger partial charge in [0, 0.05) is 12.4 Å². The van der Waals surface area contributed by atoms with Gasteiger partial charge in [-0.15, -0.1) is 0 Å². The number of nitrogens with one attached hydrogen (secondary N) is 1. The smallest absolute Gasteiger partial charge is 0.478 e. The van der Waals surface area contributed by atoms with Crippen molar-refractivity contribution >= 4 is 24.2 Å².